The van der Waals surface area contributed by atoms with Crippen LogP contribution in [0.4, 0.5) is 8.78 Å². The SMILES string of the molecule is C[C@@H]1CN(C[C@@H]2CCCN2C(=O)c2cc(F)c(F)cc2Cl)C[C@H](C)O1. The van der Waals surface area contributed by atoms with Crippen LogP contribution in [0.1, 0.15) is 37.0 Å². The van der Waals surface area contributed by atoms with Crippen molar-refractivity contribution in [2.24, 2.45) is 0 Å². The number of morpholine rings is 1. The Labute approximate surface area is 151 Å². The van der Waals surface area contributed by atoms with Gasteiger partial charge in [-0.25, -0.2) is 8.78 Å². The molecule has 1 aromatic rings. The lowest BCUT2D eigenvalue weighted by atomic mass is 10.1. The molecule has 1 aromatic carbocycles. The van der Waals surface area contributed by atoms with E-state index in [2.05, 4.69) is 4.90 Å². The number of rotatable bonds is 3. The molecule has 25 heavy (non-hydrogen) atoms. The van der Waals surface area contributed by atoms with E-state index in [4.69, 9.17) is 16.3 Å². The number of halogens is 3. The molecule has 2 aliphatic rings. The molecule has 3 atom stereocenters. The highest BCUT2D eigenvalue weighted by Gasteiger charge is 2.33. The molecule has 4 nitrogen and oxygen atoms in total. The topological polar surface area (TPSA) is 32.8 Å². The Kier molecular flexibility index (Phi) is 5.61. The summed E-state index contributed by atoms with van der Waals surface area (Å²) in [6.45, 7) is 7.10. The van der Waals surface area contributed by atoms with Crippen LogP contribution in [0.25, 0.3) is 0 Å². The first-order valence-corrected chi connectivity index (χ1v) is 9.06. The van der Waals surface area contributed by atoms with Crippen molar-refractivity contribution in [2.45, 2.75) is 44.9 Å². The van der Waals surface area contributed by atoms with Crippen LogP contribution in [0.5, 0.6) is 0 Å². The first kappa shape index (κ1) is 18.5. The molecule has 2 aliphatic heterocycles. The molecule has 1 amide bonds. The summed E-state index contributed by atoms with van der Waals surface area (Å²) in [5, 5.41) is -0.0526. The van der Waals surface area contributed by atoms with Crippen LogP contribution in [0.2, 0.25) is 5.02 Å². The van der Waals surface area contributed by atoms with Crippen LogP contribution in [-0.4, -0.2) is 60.1 Å². The monoisotopic (exact) mass is 372 g/mol. The Morgan fingerprint density at radius 1 is 1.24 bits per heavy atom. The van der Waals surface area contributed by atoms with Gasteiger partial charge in [0.1, 0.15) is 0 Å². The molecule has 3 rings (SSSR count). The van der Waals surface area contributed by atoms with E-state index in [1.54, 1.807) is 4.90 Å². The Bertz CT molecular complexity index is 648. The molecular weight excluding hydrogens is 350 g/mol. The maximum atomic E-state index is 13.5. The van der Waals surface area contributed by atoms with Crippen LogP contribution in [0.15, 0.2) is 12.1 Å². The quantitative estimate of drug-likeness (QED) is 0.763. The number of hydrogen-bond donors (Lipinski definition) is 0. The first-order valence-electron chi connectivity index (χ1n) is 8.68. The molecule has 0 bridgehead atoms. The predicted octanol–water partition coefficient (Wildman–Crippen LogP) is 3.33. The number of likely N-dealkylation sites (tertiary alicyclic amines) is 1. The Morgan fingerprint density at radius 2 is 1.88 bits per heavy atom. The molecule has 0 saturated carbocycles. The third kappa shape index (κ3) is 4.13. The minimum atomic E-state index is -1.06. The van der Waals surface area contributed by atoms with Gasteiger partial charge in [-0.2, -0.15) is 0 Å². The average molecular weight is 373 g/mol. The average Bonchev–Trinajstić information content (AvgIpc) is 2.97. The largest absolute Gasteiger partial charge is 0.373 e. The standard InChI is InChI=1S/C18H23ClF2N2O2/c1-11-8-22(9-12(2)25-11)10-13-4-3-5-23(13)18(24)14-6-16(20)17(21)7-15(14)19/h6-7,11-13H,3-5,8-10H2,1-2H3/t11-,12+,13-/m0/s1. The van der Waals surface area contributed by atoms with Gasteiger partial charge in [0.2, 0.25) is 0 Å². The number of amides is 1. The van der Waals surface area contributed by atoms with E-state index in [9.17, 15) is 13.6 Å². The summed E-state index contributed by atoms with van der Waals surface area (Å²) < 4.78 is 32.5. The zero-order valence-corrected chi connectivity index (χ0v) is 15.2. The van der Waals surface area contributed by atoms with Gasteiger partial charge in [-0.15, -0.1) is 0 Å². The zero-order valence-electron chi connectivity index (χ0n) is 14.5. The fourth-order valence-electron chi connectivity index (χ4n) is 3.87. The second-order valence-corrected chi connectivity index (χ2v) is 7.42. The van der Waals surface area contributed by atoms with Crippen molar-refractivity contribution in [3.63, 3.8) is 0 Å². The number of carbonyl (C=O) groups is 1. The van der Waals surface area contributed by atoms with Gasteiger partial charge in [0.05, 0.1) is 22.8 Å². The summed E-state index contributed by atoms with van der Waals surface area (Å²) in [5.74, 6) is -2.43. The van der Waals surface area contributed by atoms with Crippen molar-refractivity contribution < 1.29 is 18.3 Å². The molecule has 0 unspecified atom stereocenters. The highest BCUT2D eigenvalue weighted by molar-refractivity contribution is 6.33. The highest BCUT2D eigenvalue weighted by atomic mass is 35.5. The Balaban J connectivity index is 1.73. The number of nitrogens with zero attached hydrogens (tertiary/aromatic N) is 2. The molecule has 0 aliphatic carbocycles. The lowest BCUT2D eigenvalue weighted by Gasteiger charge is -2.38. The molecule has 0 N–H and O–H groups in total. The Hall–Kier alpha value is -1.24. The lowest BCUT2D eigenvalue weighted by Crippen LogP contribution is -2.51. The third-order valence-electron chi connectivity index (χ3n) is 4.84. The number of carbonyl (C=O) groups excluding carboxylic acids is 1. The summed E-state index contributed by atoms with van der Waals surface area (Å²) in [6.07, 6.45) is 2.12. The summed E-state index contributed by atoms with van der Waals surface area (Å²) in [4.78, 5) is 16.9. The van der Waals surface area contributed by atoms with Crippen molar-refractivity contribution >= 4 is 17.5 Å². The van der Waals surface area contributed by atoms with Crippen LogP contribution in [0.3, 0.4) is 0 Å². The second-order valence-electron chi connectivity index (χ2n) is 7.02. The van der Waals surface area contributed by atoms with E-state index in [1.165, 1.54) is 0 Å². The van der Waals surface area contributed by atoms with E-state index in [0.717, 1.165) is 44.6 Å². The molecule has 0 spiro atoms. The predicted molar refractivity (Wildman–Crippen MR) is 91.9 cm³/mol. The highest BCUT2D eigenvalue weighted by Crippen LogP contribution is 2.27. The molecule has 7 heteroatoms. The molecule has 0 aromatic heterocycles. The molecule has 2 saturated heterocycles. The van der Waals surface area contributed by atoms with Gasteiger partial charge in [-0.3, -0.25) is 9.69 Å². The normalized spacial score (nSPS) is 27.7. The lowest BCUT2D eigenvalue weighted by molar-refractivity contribution is -0.0715. The van der Waals surface area contributed by atoms with E-state index >= 15 is 0 Å². The Morgan fingerprint density at radius 3 is 2.56 bits per heavy atom. The molecule has 138 valence electrons. The molecule has 0 radical (unpaired) electrons. The van der Waals surface area contributed by atoms with Crippen molar-refractivity contribution in [1.82, 2.24) is 9.80 Å². The van der Waals surface area contributed by atoms with Gasteiger partial charge in [0, 0.05) is 32.2 Å². The number of hydrogen-bond acceptors (Lipinski definition) is 3. The van der Waals surface area contributed by atoms with Gasteiger partial charge in [0.15, 0.2) is 11.6 Å². The minimum absolute atomic E-state index is 0.0242. The fraction of sp³-hybridized carbons (Fsp3) is 0.611. The van der Waals surface area contributed by atoms with Crippen LogP contribution >= 0.6 is 11.6 Å². The smallest absolute Gasteiger partial charge is 0.255 e. The van der Waals surface area contributed by atoms with Gasteiger partial charge in [0.25, 0.3) is 5.91 Å². The van der Waals surface area contributed by atoms with Gasteiger partial charge < -0.3 is 9.64 Å². The molecule has 2 fully saturated rings. The summed E-state index contributed by atoms with van der Waals surface area (Å²) >= 11 is 5.97. The number of ether oxygens (including phenoxy) is 1. The zero-order chi connectivity index (χ0) is 18.1. The first-order chi connectivity index (χ1) is 11.8. The van der Waals surface area contributed by atoms with Crippen LogP contribution < -0.4 is 0 Å². The van der Waals surface area contributed by atoms with Gasteiger partial charge in [-0.05, 0) is 38.8 Å². The fourth-order valence-corrected chi connectivity index (χ4v) is 4.10. The van der Waals surface area contributed by atoms with Crippen molar-refractivity contribution in [3.8, 4) is 0 Å². The maximum Gasteiger partial charge on any atom is 0.255 e. The summed E-state index contributed by atoms with van der Waals surface area (Å²) in [7, 11) is 0. The molecule has 2 heterocycles. The van der Waals surface area contributed by atoms with Gasteiger partial charge in [-0.1, -0.05) is 11.6 Å². The van der Waals surface area contributed by atoms with Crippen LogP contribution in [0, 0.1) is 11.6 Å². The summed E-state index contributed by atoms with van der Waals surface area (Å²) in [5.41, 5.74) is 0.0242. The van der Waals surface area contributed by atoms with Crippen molar-refractivity contribution in [2.75, 3.05) is 26.2 Å². The molecular formula is C18H23ClF2N2O2. The van der Waals surface area contributed by atoms with Gasteiger partial charge >= 0.3 is 0 Å². The van der Waals surface area contributed by atoms with E-state index in [1.807, 2.05) is 13.8 Å². The van der Waals surface area contributed by atoms with E-state index in [0.29, 0.717) is 6.54 Å². The van der Waals surface area contributed by atoms with Crippen molar-refractivity contribution in [3.05, 3.63) is 34.4 Å². The van der Waals surface area contributed by atoms with E-state index < -0.39 is 11.6 Å². The summed E-state index contributed by atoms with van der Waals surface area (Å²) in [6, 6.07) is 1.81. The van der Waals surface area contributed by atoms with Crippen molar-refractivity contribution in [1.29, 1.82) is 0 Å². The second kappa shape index (κ2) is 7.56. The minimum Gasteiger partial charge on any atom is -0.373 e. The number of benzene rings is 1. The van der Waals surface area contributed by atoms with Crippen LogP contribution in [-0.2, 0) is 4.74 Å². The third-order valence-corrected chi connectivity index (χ3v) is 5.16. The maximum absolute atomic E-state index is 13.5. The van der Waals surface area contributed by atoms with E-state index in [-0.39, 0.29) is 34.7 Å².